The lowest BCUT2D eigenvalue weighted by Gasteiger charge is -2.09. The van der Waals surface area contributed by atoms with E-state index in [1.165, 1.54) is 6.20 Å². The smallest absolute Gasteiger partial charge is 0.116 e. The molecular formula is C9H9BClNO. The van der Waals surface area contributed by atoms with Crippen LogP contribution in [0.1, 0.15) is 18.2 Å². The third kappa shape index (κ3) is 2.57. The molecule has 13 heavy (non-hydrogen) atoms. The van der Waals surface area contributed by atoms with Gasteiger partial charge in [-0.1, -0.05) is 23.1 Å². The SMILES string of the molecule is [B]c1cnc(C(O)CC=C)c(Cl)c1. The summed E-state index contributed by atoms with van der Waals surface area (Å²) in [5, 5.41) is 9.92. The van der Waals surface area contributed by atoms with Crippen LogP contribution in [0.4, 0.5) is 0 Å². The van der Waals surface area contributed by atoms with Gasteiger partial charge in [-0.05, 0) is 12.5 Å². The van der Waals surface area contributed by atoms with Crippen LogP contribution in [-0.4, -0.2) is 17.9 Å². The molecule has 0 spiro atoms. The Labute approximate surface area is 83.7 Å². The molecule has 1 rings (SSSR count). The molecule has 1 aromatic heterocycles. The highest BCUT2D eigenvalue weighted by molar-refractivity contribution is 6.36. The summed E-state index contributed by atoms with van der Waals surface area (Å²) in [6, 6.07) is 1.57. The zero-order valence-electron chi connectivity index (χ0n) is 7.07. The maximum atomic E-state index is 9.53. The lowest BCUT2D eigenvalue weighted by atomic mass is 9.98. The van der Waals surface area contributed by atoms with Crippen LogP contribution in [0.25, 0.3) is 0 Å². The van der Waals surface area contributed by atoms with E-state index in [-0.39, 0.29) is 0 Å². The largest absolute Gasteiger partial charge is 0.386 e. The van der Waals surface area contributed by atoms with E-state index in [4.69, 9.17) is 19.4 Å². The number of aliphatic hydroxyl groups is 1. The van der Waals surface area contributed by atoms with Crippen molar-refractivity contribution in [1.82, 2.24) is 4.98 Å². The highest BCUT2D eigenvalue weighted by Crippen LogP contribution is 2.21. The standard InChI is InChI=1S/C9H9BClNO/c1-2-3-8(13)9-7(11)4-6(10)5-12-9/h2,4-5,8,13H,1,3H2. The molecule has 2 radical (unpaired) electrons. The van der Waals surface area contributed by atoms with Crippen LogP contribution in [0.3, 0.4) is 0 Å². The molecule has 0 aliphatic carbocycles. The van der Waals surface area contributed by atoms with Gasteiger partial charge in [-0.15, -0.1) is 6.58 Å². The van der Waals surface area contributed by atoms with Gasteiger partial charge >= 0.3 is 0 Å². The third-order valence-corrected chi connectivity index (χ3v) is 1.90. The van der Waals surface area contributed by atoms with Crippen molar-refractivity contribution in [1.29, 1.82) is 0 Å². The summed E-state index contributed by atoms with van der Waals surface area (Å²) in [7, 11) is 5.45. The molecule has 0 aliphatic heterocycles. The van der Waals surface area contributed by atoms with E-state index in [0.717, 1.165) is 0 Å². The van der Waals surface area contributed by atoms with Gasteiger partial charge in [0.15, 0.2) is 0 Å². The van der Waals surface area contributed by atoms with Gasteiger partial charge in [0.25, 0.3) is 0 Å². The number of pyridine rings is 1. The molecule has 1 aromatic rings. The number of hydrogen-bond acceptors (Lipinski definition) is 2. The summed E-state index contributed by atoms with van der Waals surface area (Å²) in [6.07, 6.45) is 2.80. The quantitative estimate of drug-likeness (QED) is 0.577. The van der Waals surface area contributed by atoms with E-state index in [1.807, 2.05) is 0 Å². The summed E-state index contributed by atoms with van der Waals surface area (Å²) in [6.45, 7) is 3.52. The molecule has 2 nitrogen and oxygen atoms in total. The summed E-state index contributed by atoms with van der Waals surface area (Å²) >= 11 is 5.82. The van der Waals surface area contributed by atoms with E-state index < -0.39 is 6.10 Å². The van der Waals surface area contributed by atoms with Crippen LogP contribution < -0.4 is 5.46 Å². The highest BCUT2D eigenvalue weighted by atomic mass is 35.5. The van der Waals surface area contributed by atoms with Crippen molar-refractivity contribution >= 4 is 24.9 Å². The summed E-state index contributed by atoms with van der Waals surface area (Å²) in [5.41, 5.74) is 0.926. The lowest BCUT2D eigenvalue weighted by Crippen LogP contribution is -2.08. The van der Waals surface area contributed by atoms with E-state index in [9.17, 15) is 5.11 Å². The van der Waals surface area contributed by atoms with Crippen LogP contribution >= 0.6 is 11.6 Å². The molecule has 1 N–H and O–H groups in total. The van der Waals surface area contributed by atoms with Crippen molar-refractivity contribution in [2.45, 2.75) is 12.5 Å². The van der Waals surface area contributed by atoms with Crippen molar-refractivity contribution in [3.05, 3.63) is 35.6 Å². The topological polar surface area (TPSA) is 33.1 Å². The molecule has 0 aromatic carbocycles. The second-order valence-corrected chi connectivity index (χ2v) is 3.08. The molecule has 1 heterocycles. The van der Waals surface area contributed by atoms with Gasteiger partial charge in [0, 0.05) is 6.20 Å². The third-order valence-electron chi connectivity index (χ3n) is 1.60. The zero-order valence-corrected chi connectivity index (χ0v) is 7.83. The molecule has 0 saturated heterocycles. The molecule has 0 bridgehead atoms. The Hall–Kier alpha value is -0.795. The first-order valence-electron chi connectivity index (χ1n) is 3.85. The van der Waals surface area contributed by atoms with Gasteiger partial charge in [0.2, 0.25) is 0 Å². The number of nitrogens with zero attached hydrogens (tertiary/aromatic N) is 1. The Bertz CT molecular complexity index is 316. The first-order chi connectivity index (χ1) is 6.15. The average molecular weight is 193 g/mol. The first-order valence-corrected chi connectivity index (χ1v) is 4.23. The van der Waals surface area contributed by atoms with Crippen LogP contribution in [-0.2, 0) is 0 Å². The van der Waals surface area contributed by atoms with Crippen LogP contribution in [0.2, 0.25) is 5.02 Å². The predicted octanol–water partition coefficient (Wildman–Crippen LogP) is 1.14. The van der Waals surface area contributed by atoms with E-state index in [2.05, 4.69) is 11.6 Å². The van der Waals surface area contributed by atoms with Gasteiger partial charge in [0.05, 0.1) is 10.7 Å². The lowest BCUT2D eigenvalue weighted by molar-refractivity contribution is 0.177. The van der Waals surface area contributed by atoms with Crippen molar-refractivity contribution in [3.8, 4) is 0 Å². The molecule has 1 unspecified atom stereocenters. The van der Waals surface area contributed by atoms with Gasteiger partial charge < -0.3 is 5.11 Å². The molecule has 4 heteroatoms. The number of aromatic nitrogens is 1. The Morgan fingerprint density at radius 1 is 1.77 bits per heavy atom. The Balaban J connectivity index is 2.94. The molecule has 0 amide bonds. The number of rotatable bonds is 3. The van der Waals surface area contributed by atoms with Gasteiger partial charge in [0.1, 0.15) is 14.0 Å². The average Bonchev–Trinajstić information content (AvgIpc) is 2.04. The molecule has 1 atom stereocenters. The summed E-state index contributed by atoms with van der Waals surface area (Å²) < 4.78 is 0. The minimum Gasteiger partial charge on any atom is -0.386 e. The minimum atomic E-state index is -0.703. The van der Waals surface area contributed by atoms with E-state index >= 15 is 0 Å². The van der Waals surface area contributed by atoms with Crippen molar-refractivity contribution in [2.24, 2.45) is 0 Å². The van der Waals surface area contributed by atoms with Crippen molar-refractivity contribution in [2.75, 3.05) is 0 Å². The predicted molar refractivity (Wildman–Crippen MR) is 54.4 cm³/mol. The maximum Gasteiger partial charge on any atom is 0.116 e. The number of hydrogen-bond donors (Lipinski definition) is 1. The van der Waals surface area contributed by atoms with Crippen LogP contribution in [0.15, 0.2) is 24.9 Å². The monoisotopic (exact) mass is 193 g/mol. The summed E-state index contributed by atoms with van der Waals surface area (Å²) in [4.78, 5) is 3.94. The Kier molecular flexibility index (Phi) is 3.52. The number of aliphatic hydroxyl groups excluding tert-OH is 1. The molecular weight excluding hydrogens is 184 g/mol. The number of halogens is 1. The first kappa shape index (κ1) is 10.3. The zero-order chi connectivity index (χ0) is 9.84. The second kappa shape index (κ2) is 4.44. The fourth-order valence-electron chi connectivity index (χ4n) is 0.978. The normalized spacial score (nSPS) is 12.5. The Morgan fingerprint density at radius 2 is 2.46 bits per heavy atom. The van der Waals surface area contributed by atoms with Crippen LogP contribution in [0, 0.1) is 0 Å². The van der Waals surface area contributed by atoms with E-state index in [1.54, 1.807) is 12.1 Å². The highest BCUT2D eigenvalue weighted by Gasteiger charge is 2.10. The van der Waals surface area contributed by atoms with E-state index in [0.29, 0.717) is 22.6 Å². The second-order valence-electron chi connectivity index (χ2n) is 2.68. The maximum absolute atomic E-state index is 9.53. The molecule has 0 fully saturated rings. The minimum absolute atomic E-state index is 0.384. The Morgan fingerprint density at radius 3 is 3.00 bits per heavy atom. The van der Waals surface area contributed by atoms with Crippen molar-refractivity contribution in [3.63, 3.8) is 0 Å². The van der Waals surface area contributed by atoms with Gasteiger partial charge in [-0.3, -0.25) is 4.98 Å². The molecule has 0 saturated carbocycles. The summed E-state index contributed by atoms with van der Waals surface area (Å²) in [5.74, 6) is 0. The van der Waals surface area contributed by atoms with Crippen LogP contribution in [0.5, 0.6) is 0 Å². The fraction of sp³-hybridized carbons (Fsp3) is 0.222. The molecule has 66 valence electrons. The van der Waals surface area contributed by atoms with Gasteiger partial charge in [-0.25, -0.2) is 0 Å². The van der Waals surface area contributed by atoms with Crippen molar-refractivity contribution < 1.29 is 5.11 Å². The van der Waals surface area contributed by atoms with Gasteiger partial charge in [-0.2, -0.15) is 0 Å². The fourth-order valence-corrected chi connectivity index (χ4v) is 1.28. The molecule has 0 aliphatic rings.